The van der Waals surface area contributed by atoms with E-state index < -0.39 is 5.97 Å². The van der Waals surface area contributed by atoms with E-state index >= 15 is 0 Å². The van der Waals surface area contributed by atoms with Gasteiger partial charge in [0.05, 0.1) is 12.3 Å². The topological polar surface area (TPSA) is 86.5 Å². The van der Waals surface area contributed by atoms with E-state index in [1.54, 1.807) is 18.7 Å². The van der Waals surface area contributed by atoms with Gasteiger partial charge < -0.3 is 14.6 Å². The van der Waals surface area contributed by atoms with Crippen LogP contribution in [0.5, 0.6) is 0 Å². The minimum atomic E-state index is -0.476. The van der Waals surface area contributed by atoms with Crippen molar-refractivity contribution in [2.75, 3.05) is 26.9 Å². The van der Waals surface area contributed by atoms with Crippen LogP contribution in [0.1, 0.15) is 35.4 Å². The molecule has 1 aromatic rings. The summed E-state index contributed by atoms with van der Waals surface area (Å²) < 4.78 is 11.5. The maximum Gasteiger partial charge on any atom is 0.360 e. The van der Waals surface area contributed by atoms with Crippen molar-refractivity contribution < 1.29 is 19.4 Å². The molecule has 0 amide bonds. The number of ether oxygens (including phenoxy) is 2. The van der Waals surface area contributed by atoms with Gasteiger partial charge in [-0.3, -0.25) is 0 Å². The average Bonchev–Trinajstić information content (AvgIpc) is 2.76. The van der Waals surface area contributed by atoms with Gasteiger partial charge in [0.15, 0.2) is 5.69 Å². The van der Waals surface area contributed by atoms with Gasteiger partial charge in [-0.2, -0.15) is 0 Å². The van der Waals surface area contributed by atoms with Crippen LogP contribution in [0.3, 0.4) is 0 Å². The van der Waals surface area contributed by atoms with Crippen molar-refractivity contribution >= 4 is 5.97 Å². The minimum Gasteiger partial charge on any atom is -0.458 e. The predicted octanol–water partition coefficient (Wildman–Crippen LogP) is 0.552. The summed E-state index contributed by atoms with van der Waals surface area (Å²) >= 11 is 0. The fourth-order valence-electron chi connectivity index (χ4n) is 1.60. The number of rotatable bonds is 9. The molecule has 0 aliphatic carbocycles. The van der Waals surface area contributed by atoms with Crippen LogP contribution < -0.4 is 0 Å². The van der Waals surface area contributed by atoms with Crippen LogP contribution in [0.2, 0.25) is 0 Å². The Morgan fingerprint density at radius 3 is 2.79 bits per heavy atom. The predicted molar refractivity (Wildman–Crippen MR) is 67.9 cm³/mol. The van der Waals surface area contributed by atoms with E-state index in [9.17, 15) is 4.79 Å². The Bertz CT molecular complexity index is 392. The smallest absolute Gasteiger partial charge is 0.360 e. The molecule has 1 N–H and O–H groups in total. The highest BCUT2D eigenvalue weighted by molar-refractivity contribution is 5.88. The molecule has 0 aromatic carbocycles. The van der Waals surface area contributed by atoms with Gasteiger partial charge in [-0.15, -0.1) is 5.10 Å². The van der Waals surface area contributed by atoms with Crippen LogP contribution in [-0.2, 0) is 16.0 Å². The second kappa shape index (κ2) is 8.60. The first-order valence-corrected chi connectivity index (χ1v) is 6.37. The first kappa shape index (κ1) is 15.6. The lowest BCUT2D eigenvalue weighted by Gasteiger charge is -2.04. The van der Waals surface area contributed by atoms with E-state index in [2.05, 4.69) is 10.3 Å². The number of hydrogen-bond donors (Lipinski definition) is 1. The molecule has 1 heterocycles. The van der Waals surface area contributed by atoms with E-state index in [4.69, 9.17) is 14.6 Å². The molecule has 0 bridgehead atoms. The first-order valence-electron chi connectivity index (χ1n) is 6.37. The summed E-state index contributed by atoms with van der Waals surface area (Å²) in [7, 11) is 1.54. The lowest BCUT2D eigenvalue weighted by atomic mass is 10.2. The Balaban J connectivity index is 2.47. The Hall–Kier alpha value is -1.47. The normalized spacial score (nSPS) is 10.7. The number of unbranched alkanes of at least 4 members (excludes halogenated alkanes) is 2. The van der Waals surface area contributed by atoms with Crippen molar-refractivity contribution in [1.82, 2.24) is 15.0 Å². The van der Waals surface area contributed by atoms with Crippen LogP contribution in [0.25, 0.3) is 0 Å². The van der Waals surface area contributed by atoms with E-state index in [-0.39, 0.29) is 18.9 Å². The molecule has 0 saturated heterocycles. The van der Waals surface area contributed by atoms with Gasteiger partial charge in [0.25, 0.3) is 0 Å². The molecular formula is C12H21N3O4. The molecule has 1 rings (SSSR count). The maximum absolute atomic E-state index is 11.7. The molecule has 1 aromatic heterocycles. The van der Waals surface area contributed by atoms with Gasteiger partial charge in [0, 0.05) is 20.3 Å². The number of hydrogen-bond acceptors (Lipinski definition) is 6. The molecule has 0 saturated carbocycles. The number of aryl methyl sites for hydroxylation is 1. The minimum absolute atomic E-state index is 0.202. The van der Waals surface area contributed by atoms with Gasteiger partial charge >= 0.3 is 5.97 Å². The lowest BCUT2D eigenvalue weighted by molar-refractivity contribution is 0.0380. The number of aromatic nitrogens is 3. The van der Waals surface area contributed by atoms with E-state index in [0.717, 1.165) is 19.3 Å². The highest BCUT2D eigenvalue weighted by atomic mass is 16.6. The van der Waals surface area contributed by atoms with Crippen LogP contribution >= 0.6 is 0 Å². The SMILES string of the molecule is COCCOC(=O)c1nnn(CCCCCO)c1C. The van der Waals surface area contributed by atoms with Gasteiger partial charge in [0.1, 0.15) is 6.61 Å². The average molecular weight is 271 g/mol. The molecule has 0 spiro atoms. The molecular weight excluding hydrogens is 250 g/mol. The molecule has 0 aliphatic rings. The van der Waals surface area contributed by atoms with Gasteiger partial charge in [-0.05, 0) is 26.2 Å². The summed E-state index contributed by atoms with van der Waals surface area (Å²) in [4.78, 5) is 11.7. The standard InChI is InChI=1S/C12H21N3O4/c1-10-11(12(17)19-9-8-18-2)13-14-15(10)6-4-3-5-7-16/h16H,3-9H2,1-2H3. The number of carbonyl (C=O) groups is 1. The molecule has 19 heavy (non-hydrogen) atoms. The van der Waals surface area contributed by atoms with Crippen LogP contribution in [0.4, 0.5) is 0 Å². The molecule has 0 fully saturated rings. The number of esters is 1. The van der Waals surface area contributed by atoms with Crippen LogP contribution in [-0.4, -0.2) is 53.0 Å². The summed E-state index contributed by atoms with van der Waals surface area (Å²) in [6, 6.07) is 0. The molecule has 0 unspecified atom stereocenters. The Morgan fingerprint density at radius 2 is 2.11 bits per heavy atom. The maximum atomic E-state index is 11.7. The van der Waals surface area contributed by atoms with Crippen LogP contribution in [0, 0.1) is 6.92 Å². The Morgan fingerprint density at radius 1 is 1.32 bits per heavy atom. The third-order valence-electron chi connectivity index (χ3n) is 2.72. The van der Waals surface area contributed by atoms with Crippen molar-refractivity contribution in [2.24, 2.45) is 0 Å². The lowest BCUT2D eigenvalue weighted by Crippen LogP contribution is -2.12. The molecule has 0 aliphatic heterocycles. The molecule has 108 valence electrons. The summed E-state index contributed by atoms with van der Waals surface area (Å²) in [6.45, 7) is 3.24. The third-order valence-corrected chi connectivity index (χ3v) is 2.72. The number of aliphatic hydroxyl groups is 1. The van der Waals surface area contributed by atoms with Gasteiger partial charge in [-0.25, -0.2) is 9.48 Å². The number of methoxy groups -OCH3 is 1. The molecule has 0 atom stereocenters. The van der Waals surface area contributed by atoms with Gasteiger partial charge in [-0.1, -0.05) is 5.21 Å². The fourth-order valence-corrected chi connectivity index (χ4v) is 1.60. The zero-order chi connectivity index (χ0) is 14.1. The van der Waals surface area contributed by atoms with Crippen molar-refractivity contribution in [2.45, 2.75) is 32.7 Å². The molecule has 7 heteroatoms. The fraction of sp³-hybridized carbons (Fsp3) is 0.750. The number of aliphatic hydroxyl groups excluding tert-OH is 1. The van der Waals surface area contributed by atoms with E-state index in [1.807, 2.05) is 0 Å². The number of carbonyl (C=O) groups excluding carboxylic acids is 1. The number of nitrogens with zero attached hydrogens (tertiary/aromatic N) is 3. The monoisotopic (exact) mass is 271 g/mol. The zero-order valence-electron chi connectivity index (χ0n) is 11.5. The van der Waals surface area contributed by atoms with Crippen LogP contribution in [0.15, 0.2) is 0 Å². The first-order chi connectivity index (χ1) is 9.20. The highest BCUT2D eigenvalue weighted by Gasteiger charge is 2.17. The second-order valence-corrected chi connectivity index (χ2v) is 4.16. The second-order valence-electron chi connectivity index (χ2n) is 4.16. The van der Waals surface area contributed by atoms with Crippen molar-refractivity contribution in [3.05, 3.63) is 11.4 Å². The Labute approximate surface area is 112 Å². The van der Waals surface area contributed by atoms with E-state index in [1.165, 1.54) is 0 Å². The molecule has 0 radical (unpaired) electrons. The van der Waals surface area contributed by atoms with Crippen molar-refractivity contribution in [3.8, 4) is 0 Å². The summed E-state index contributed by atoms with van der Waals surface area (Å²) in [5.74, 6) is -0.476. The third kappa shape index (κ3) is 4.96. The van der Waals surface area contributed by atoms with Gasteiger partial charge in [0.2, 0.25) is 0 Å². The highest BCUT2D eigenvalue weighted by Crippen LogP contribution is 2.07. The van der Waals surface area contributed by atoms with E-state index in [0.29, 0.717) is 18.8 Å². The largest absolute Gasteiger partial charge is 0.458 e. The zero-order valence-corrected chi connectivity index (χ0v) is 11.5. The quantitative estimate of drug-likeness (QED) is 0.521. The summed E-state index contributed by atoms with van der Waals surface area (Å²) in [6.07, 6.45) is 2.59. The molecule has 7 nitrogen and oxygen atoms in total. The Kier molecular flexibility index (Phi) is 7.06. The van der Waals surface area contributed by atoms with Crippen molar-refractivity contribution in [3.63, 3.8) is 0 Å². The summed E-state index contributed by atoms with van der Waals surface area (Å²) in [5, 5.41) is 16.5. The summed E-state index contributed by atoms with van der Waals surface area (Å²) in [5.41, 5.74) is 0.949. The van der Waals surface area contributed by atoms with Crippen molar-refractivity contribution in [1.29, 1.82) is 0 Å².